The molecule has 1 fully saturated rings. The number of esters is 1. The minimum absolute atomic E-state index is 0.193. The van der Waals surface area contributed by atoms with Crippen LogP contribution in [0.1, 0.15) is 6.42 Å². The molecule has 0 bridgehead atoms. The number of allylic oxidation sites excluding steroid dienone is 3. The van der Waals surface area contributed by atoms with Gasteiger partial charge >= 0.3 is 11.9 Å². The molecule has 0 aromatic rings. The lowest BCUT2D eigenvalue weighted by atomic mass is 9.70. The van der Waals surface area contributed by atoms with E-state index in [0.717, 1.165) is 0 Å². The Morgan fingerprint density at radius 2 is 2.05 bits per heavy atom. The highest BCUT2D eigenvalue weighted by Crippen LogP contribution is 2.41. The number of carboxylic acid groups (broad SMARTS) is 1. The fourth-order valence-electron chi connectivity index (χ4n) is 2.96. The van der Waals surface area contributed by atoms with Crippen LogP contribution in [0.25, 0.3) is 0 Å². The van der Waals surface area contributed by atoms with Crippen LogP contribution in [0.5, 0.6) is 0 Å². The van der Waals surface area contributed by atoms with Crippen molar-refractivity contribution in [2.75, 3.05) is 6.61 Å². The van der Waals surface area contributed by atoms with E-state index in [1.807, 2.05) is 0 Å². The number of aliphatic carboxylic acids is 1. The molecule has 1 N–H and O–H groups in total. The molecular weight excluding hydrogens is 248 g/mol. The molecule has 1 heterocycles. The third kappa shape index (κ3) is 1.73. The highest BCUT2D eigenvalue weighted by molar-refractivity contribution is 6.09. The topological polar surface area (TPSA) is 80.7 Å². The van der Waals surface area contributed by atoms with Crippen LogP contribution in [0, 0.1) is 17.8 Å². The molecule has 0 aromatic heterocycles. The second-order valence-electron chi connectivity index (χ2n) is 4.86. The first kappa shape index (κ1) is 11.9. The summed E-state index contributed by atoms with van der Waals surface area (Å²) in [7, 11) is 0. The van der Waals surface area contributed by atoms with Gasteiger partial charge < -0.3 is 9.84 Å². The average Bonchev–Trinajstić information content (AvgIpc) is 2.38. The summed E-state index contributed by atoms with van der Waals surface area (Å²) in [6.45, 7) is 0.277. The van der Waals surface area contributed by atoms with Crippen molar-refractivity contribution in [3.05, 3.63) is 35.5 Å². The van der Waals surface area contributed by atoms with Crippen LogP contribution in [0.4, 0.5) is 0 Å². The maximum absolute atomic E-state index is 12.0. The Kier molecular flexibility index (Phi) is 2.62. The number of hydrogen-bond donors (Lipinski definition) is 1. The van der Waals surface area contributed by atoms with Gasteiger partial charge in [0.1, 0.15) is 5.92 Å². The number of cyclic esters (lactones) is 1. The molecule has 5 heteroatoms. The highest BCUT2D eigenvalue weighted by atomic mass is 16.5. The second-order valence-corrected chi connectivity index (χ2v) is 4.86. The van der Waals surface area contributed by atoms with Gasteiger partial charge in [0.15, 0.2) is 5.78 Å². The molecule has 0 saturated carbocycles. The first-order valence-corrected chi connectivity index (χ1v) is 6.14. The van der Waals surface area contributed by atoms with Gasteiger partial charge in [-0.05, 0) is 18.1 Å². The Bertz CT molecular complexity index is 566. The summed E-state index contributed by atoms with van der Waals surface area (Å²) < 4.78 is 4.98. The summed E-state index contributed by atoms with van der Waals surface area (Å²) in [6.07, 6.45) is 6.51. The Balaban J connectivity index is 2.07. The second kappa shape index (κ2) is 4.19. The lowest BCUT2D eigenvalue weighted by molar-refractivity contribution is -0.153. The summed E-state index contributed by atoms with van der Waals surface area (Å²) >= 11 is 0. The molecule has 98 valence electrons. The van der Waals surface area contributed by atoms with Gasteiger partial charge in [-0.2, -0.15) is 0 Å². The summed E-state index contributed by atoms with van der Waals surface area (Å²) in [6, 6.07) is 0. The van der Waals surface area contributed by atoms with E-state index in [2.05, 4.69) is 0 Å². The van der Waals surface area contributed by atoms with Gasteiger partial charge in [0, 0.05) is 11.5 Å². The molecule has 3 aliphatic rings. The molecule has 3 rings (SSSR count). The fraction of sp³-hybridized carbons (Fsp3) is 0.357. The standard InChI is InChI=1S/C14H12O5/c15-11-4-3-9(13(16)17)7-1-2-10-8(12(7)11)5-6-19-14(10)18/h1-4,8-10H,5-6H2,(H,16,17). The van der Waals surface area contributed by atoms with Gasteiger partial charge in [0.25, 0.3) is 0 Å². The zero-order valence-electron chi connectivity index (χ0n) is 10.0. The van der Waals surface area contributed by atoms with Crippen LogP contribution < -0.4 is 0 Å². The van der Waals surface area contributed by atoms with Crippen LogP contribution in [-0.4, -0.2) is 29.4 Å². The zero-order chi connectivity index (χ0) is 13.6. The van der Waals surface area contributed by atoms with E-state index in [1.165, 1.54) is 12.2 Å². The summed E-state index contributed by atoms with van der Waals surface area (Å²) in [5.74, 6) is -3.03. The van der Waals surface area contributed by atoms with Crippen molar-refractivity contribution in [1.29, 1.82) is 0 Å². The third-order valence-electron chi connectivity index (χ3n) is 3.85. The van der Waals surface area contributed by atoms with Crippen molar-refractivity contribution in [2.45, 2.75) is 6.42 Å². The van der Waals surface area contributed by atoms with Crippen LogP contribution >= 0.6 is 0 Å². The van der Waals surface area contributed by atoms with Gasteiger partial charge in [-0.1, -0.05) is 18.2 Å². The van der Waals surface area contributed by atoms with E-state index < -0.39 is 17.8 Å². The first-order chi connectivity index (χ1) is 9.09. The van der Waals surface area contributed by atoms with Gasteiger partial charge in [0.05, 0.1) is 12.5 Å². The summed E-state index contributed by atoms with van der Waals surface area (Å²) in [4.78, 5) is 34.9. The average molecular weight is 260 g/mol. The number of hydrogen-bond acceptors (Lipinski definition) is 4. The number of carboxylic acids is 1. The normalized spacial score (nSPS) is 32.7. The molecule has 3 unspecified atom stereocenters. The summed E-state index contributed by atoms with van der Waals surface area (Å²) in [5.41, 5.74) is 0.981. The number of rotatable bonds is 1. The molecule has 5 nitrogen and oxygen atoms in total. The minimum atomic E-state index is -0.988. The van der Waals surface area contributed by atoms with Gasteiger partial charge in [-0.15, -0.1) is 0 Å². The largest absolute Gasteiger partial charge is 0.481 e. The Morgan fingerprint density at radius 3 is 2.79 bits per heavy atom. The monoisotopic (exact) mass is 260 g/mol. The quantitative estimate of drug-likeness (QED) is 0.707. The van der Waals surface area contributed by atoms with E-state index in [1.54, 1.807) is 12.2 Å². The Labute approximate surface area is 109 Å². The molecule has 1 saturated heterocycles. The molecular formula is C14H12O5. The maximum atomic E-state index is 12.0. The third-order valence-corrected chi connectivity index (χ3v) is 3.85. The molecule has 3 atom stereocenters. The van der Waals surface area contributed by atoms with Crippen molar-refractivity contribution in [3.8, 4) is 0 Å². The van der Waals surface area contributed by atoms with Crippen molar-refractivity contribution in [3.63, 3.8) is 0 Å². The van der Waals surface area contributed by atoms with E-state index in [4.69, 9.17) is 4.74 Å². The van der Waals surface area contributed by atoms with E-state index in [0.29, 0.717) is 17.6 Å². The van der Waals surface area contributed by atoms with Crippen molar-refractivity contribution in [2.24, 2.45) is 17.8 Å². The van der Waals surface area contributed by atoms with Crippen LogP contribution in [-0.2, 0) is 19.1 Å². The lowest BCUT2D eigenvalue weighted by Crippen LogP contribution is -2.38. The van der Waals surface area contributed by atoms with Crippen molar-refractivity contribution < 1.29 is 24.2 Å². The molecule has 0 spiro atoms. The predicted octanol–water partition coefficient (Wildman–Crippen LogP) is 0.872. The zero-order valence-corrected chi connectivity index (χ0v) is 10.0. The number of ketones is 1. The number of carbonyl (C=O) groups excluding carboxylic acids is 2. The number of fused-ring (bicyclic) bond motifs is 2. The minimum Gasteiger partial charge on any atom is -0.481 e. The van der Waals surface area contributed by atoms with E-state index in [-0.39, 0.29) is 24.3 Å². The van der Waals surface area contributed by atoms with Gasteiger partial charge in [-0.25, -0.2) is 0 Å². The van der Waals surface area contributed by atoms with E-state index >= 15 is 0 Å². The van der Waals surface area contributed by atoms with Gasteiger partial charge in [0.2, 0.25) is 0 Å². The molecule has 0 aromatic carbocycles. The van der Waals surface area contributed by atoms with Crippen molar-refractivity contribution >= 4 is 17.7 Å². The SMILES string of the molecule is O=C1C=CC(C(=O)O)C2=C1C1CCOC(=O)C1C=C2. The number of ether oxygens (including phenoxy) is 1. The molecule has 19 heavy (non-hydrogen) atoms. The maximum Gasteiger partial charge on any atom is 0.314 e. The fourth-order valence-corrected chi connectivity index (χ4v) is 2.96. The highest BCUT2D eigenvalue weighted by Gasteiger charge is 2.42. The van der Waals surface area contributed by atoms with Gasteiger partial charge in [-0.3, -0.25) is 14.4 Å². The van der Waals surface area contributed by atoms with E-state index in [9.17, 15) is 19.5 Å². The Hall–Kier alpha value is -2.17. The summed E-state index contributed by atoms with van der Waals surface area (Å²) in [5, 5.41) is 9.19. The molecule has 2 aliphatic carbocycles. The number of carbonyl (C=O) groups is 3. The van der Waals surface area contributed by atoms with Crippen LogP contribution in [0.2, 0.25) is 0 Å². The van der Waals surface area contributed by atoms with Crippen molar-refractivity contribution in [1.82, 2.24) is 0 Å². The molecule has 0 amide bonds. The molecule has 1 aliphatic heterocycles. The molecule has 0 radical (unpaired) electrons. The van der Waals surface area contributed by atoms with Crippen LogP contribution in [0.15, 0.2) is 35.5 Å². The first-order valence-electron chi connectivity index (χ1n) is 6.14. The predicted molar refractivity (Wildman–Crippen MR) is 64.0 cm³/mol. The Morgan fingerprint density at radius 1 is 1.26 bits per heavy atom. The van der Waals surface area contributed by atoms with Crippen LogP contribution in [0.3, 0.4) is 0 Å². The smallest absolute Gasteiger partial charge is 0.314 e. The lowest BCUT2D eigenvalue weighted by Gasteiger charge is -2.35.